The third-order valence-corrected chi connectivity index (χ3v) is 2.31. The quantitative estimate of drug-likeness (QED) is 0.676. The Morgan fingerprint density at radius 3 is 2.91 bits per heavy atom. The summed E-state index contributed by atoms with van der Waals surface area (Å²) in [4.78, 5) is 0. The zero-order valence-electron chi connectivity index (χ0n) is 7.38. The Morgan fingerprint density at radius 1 is 1.55 bits per heavy atom. The van der Waals surface area contributed by atoms with Gasteiger partial charge in [-0.25, -0.2) is 0 Å². The van der Waals surface area contributed by atoms with E-state index in [1.807, 2.05) is 0 Å². The Bertz CT molecular complexity index is 99.7. The summed E-state index contributed by atoms with van der Waals surface area (Å²) >= 11 is 0. The molecule has 2 heteroatoms. The van der Waals surface area contributed by atoms with Crippen molar-refractivity contribution >= 4 is 0 Å². The maximum absolute atomic E-state index is 5.93. The van der Waals surface area contributed by atoms with Crippen molar-refractivity contribution in [2.45, 2.75) is 51.2 Å². The van der Waals surface area contributed by atoms with Crippen LogP contribution in [0.5, 0.6) is 0 Å². The van der Waals surface area contributed by atoms with Crippen LogP contribution in [-0.2, 0) is 4.74 Å². The van der Waals surface area contributed by atoms with Gasteiger partial charge in [-0.05, 0) is 25.7 Å². The zero-order chi connectivity index (χ0) is 8.10. The first-order valence-electron chi connectivity index (χ1n) is 4.71. The van der Waals surface area contributed by atoms with E-state index in [4.69, 9.17) is 10.5 Å². The first-order valence-corrected chi connectivity index (χ1v) is 4.71. The summed E-state index contributed by atoms with van der Waals surface area (Å²) in [5.41, 5.74) is 5.93. The van der Waals surface area contributed by atoms with Crippen molar-refractivity contribution in [3.63, 3.8) is 0 Å². The molecule has 2 N–H and O–H groups in total. The second-order valence-electron chi connectivity index (χ2n) is 3.36. The van der Waals surface area contributed by atoms with Gasteiger partial charge in [0.1, 0.15) is 0 Å². The summed E-state index contributed by atoms with van der Waals surface area (Å²) in [6.07, 6.45) is 6.30. The summed E-state index contributed by atoms with van der Waals surface area (Å²) in [7, 11) is 0. The summed E-state index contributed by atoms with van der Waals surface area (Å²) in [5, 5.41) is 0. The largest absolute Gasteiger partial charge is 0.377 e. The Balaban J connectivity index is 2.21. The Hall–Kier alpha value is -0.0800. The lowest BCUT2D eigenvalue weighted by Crippen LogP contribution is -2.38. The lowest BCUT2D eigenvalue weighted by atomic mass is 9.99. The van der Waals surface area contributed by atoms with E-state index in [-0.39, 0.29) is 6.04 Å². The highest BCUT2D eigenvalue weighted by Gasteiger charge is 2.19. The fraction of sp³-hybridized carbons (Fsp3) is 1.00. The summed E-state index contributed by atoms with van der Waals surface area (Å²) in [6, 6.07) is 0.278. The van der Waals surface area contributed by atoms with Gasteiger partial charge in [0.15, 0.2) is 0 Å². The van der Waals surface area contributed by atoms with Crippen LogP contribution < -0.4 is 5.73 Å². The highest BCUT2D eigenvalue weighted by atomic mass is 16.5. The Morgan fingerprint density at radius 2 is 2.36 bits per heavy atom. The van der Waals surface area contributed by atoms with E-state index in [1.165, 1.54) is 25.7 Å². The Kier molecular flexibility index (Phi) is 3.87. The molecule has 1 saturated heterocycles. The van der Waals surface area contributed by atoms with E-state index in [9.17, 15) is 0 Å². The Labute approximate surface area is 69.1 Å². The van der Waals surface area contributed by atoms with Gasteiger partial charge in [-0.1, -0.05) is 13.3 Å². The molecule has 1 heterocycles. The molecular formula is C9H19NO. The SMILES string of the molecule is CCCC(N)C1CCCCO1. The topological polar surface area (TPSA) is 35.2 Å². The van der Waals surface area contributed by atoms with E-state index in [0.29, 0.717) is 6.10 Å². The van der Waals surface area contributed by atoms with Crippen LogP contribution in [-0.4, -0.2) is 18.8 Å². The monoisotopic (exact) mass is 157 g/mol. The molecule has 0 bridgehead atoms. The fourth-order valence-corrected chi connectivity index (χ4v) is 1.62. The van der Waals surface area contributed by atoms with E-state index in [1.54, 1.807) is 0 Å². The van der Waals surface area contributed by atoms with Crippen molar-refractivity contribution in [2.24, 2.45) is 5.73 Å². The molecule has 0 radical (unpaired) electrons. The molecule has 1 aliphatic rings. The second-order valence-corrected chi connectivity index (χ2v) is 3.36. The average molecular weight is 157 g/mol. The fourth-order valence-electron chi connectivity index (χ4n) is 1.62. The van der Waals surface area contributed by atoms with Crippen molar-refractivity contribution in [3.05, 3.63) is 0 Å². The smallest absolute Gasteiger partial charge is 0.0725 e. The predicted octanol–water partition coefficient (Wildman–Crippen LogP) is 1.68. The number of nitrogens with two attached hydrogens (primary N) is 1. The van der Waals surface area contributed by atoms with Crippen molar-refractivity contribution in [3.8, 4) is 0 Å². The van der Waals surface area contributed by atoms with Gasteiger partial charge in [-0.15, -0.1) is 0 Å². The molecule has 1 fully saturated rings. The van der Waals surface area contributed by atoms with Crippen LogP contribution in [0.4, 0.5) is 0 Å². The normalized spacial score (nSPS) is 28.4. The maximum atomic E-state index is 5.93. The molecule has 2 nitrogen and oxygen atoms in total. The number of rotatable bonds is 3. The molecule has 11 heavy (non-hydrogen) atoms. The van der Waals surface area contributed by atoms with E-state index >= 15 is 0 Å². The highest BCUT2D eigenvalue weighted by Crippen LogP contribution is 2.16. The van der Waals surface area contributed by atoms with Crippen molar-refractivity contribution in [2.75, 3.05) is 6.61 Å². The molecule has 0 aromatic rings. The summed E-state index contributed by atoms with van der Waals surface area (Å²) < 4.78 is 5.57. The summed E-state index contributed by atoms with van der Waals surface area (Å²) in [6.45, 7) is 3.09. The minimum Gasteiger partial charge on any atom is -0.377 e. The number of hydrogen-bond donors (Lipinski definition) is 1. The molecule has 2 unspecified atom stereocenters. The maximum Gasteiger partial charge on any atom is 0.0725 e. The lowest BCUT2D eigenvalue weighted by Gasteiger charge is -2.27. The van der Waals surface area contributed by atoms with Crippen LogP contribution in [0.15, 0.2) is 0 Å². The van der Waals surface area contributed by atoms with E-state index in [2.05, 4.69) is 6.92 Å². The third kappa shape index (κ3) is 2.80. The molecule has 66 valence electrons. The van der Waals surface area contributed by atoms with Crippen LogP contribution in [0.2, 0.25) is 0 Å². The standard InChI is InChI=1S/C9H19NO/c1-2-5-8(10)9-6-3-4-7-11-9/h8-9H,2-7,10H2,1H3. The molecule has 0 saturated carbocycles. The van der Waals surface area contributed by atoms with E-state index in [0.717, 1.165) is 13.0 Å². The third-order valence-electron chi connectivity index (χ3n) is 2.31. The predicted molar refractivity (Wildman–Crippen MR) is 46.5 cm³/mol. The van der Waals surface area contributed by atoms with Gasteiger partial charge in [-0.3, -0.25) is 0 Å². The van der Waals surface area contributed by atoms with Crippen LogP contribution in [0, 0.1) is 0 Å². The molecular weight excluding hydrogens is 138 g/mol. The molecule has 0 aromatic heterocycles. The molecule has 1 rings (SSSR count). The molecule has 1 aliphatic heterocycles. The van der Waals surface area contributed by atoms with E-state index < -0.39 is 0 Å². The van der Waals surface area contributed by atoms with Gasteiger partial charge in [0.2, 0.25) is 0 Å². The molecule has 0 amide bonds. The number of hydrogen-bond acceptors (Lipinski definition) is 2. The molecule has 0 aliphatic carbocycles. The lowest BCUT2D eigenvalue weighted by molar-refractivity contribution is -0.00112. The zero-order valence-corrected chi connectivity index (χ0v) is 7.38. The minimum absolute atomic E-state index is 0.278. The molecule has 0 spiro atoms. The van der Waals surface area contributed by atoms with Gasteiger partial charge in [0.05, 0.1) is 6.10 Å². The van der Waals surface area contributed by atoms with Crippen molar-refractivity contribution in [1.29, 1.82) is 0 Å². The average Bonchev–Trinajstić information content (AvgIpc) is 2.07. The first-order chi connectivity index (χ1) is 5.34. The van der Waals surface area contributed by atoms with Crippen LogP contribution in [0.25, 0.3) is 0 Å². The summed E-state index contributed by atoms with van der Waals surface area (Å²) in [5.74, 6) is 0. The van der Waals surface area contributed by atoms with Crippen LogP contribution in [0.1, 0.15) is 39.0 Å². The van der Waals surface area contributed by atoms with Crippen molar-refractivity contribution in [1.82, 2.24) is 0 Å². The second kappa shape index (κ2) is 4.73. The van der Waals surface area contributed by atoms with Gasteiger partial charge in [0.25, 0.3) is 0 Å². The van der Waals surface area contributed by atoms with Crippen LogP contribution in [0.3, 0.4) is 0 Å². The van der Waals surface area contributed by atoms with Crippen LogP contribution >= 0.6 is 0 Å². The highest BCUT2D eigenvalue weighted by molar-refractivity contribution is 4.75. The van der Waals surface area contributed by atoms with Gasteiger partial charge >= 0.3 is 0 Å². The minimum atomic E-state index is 0.278. The van der Waals surface area contributed by atoms with Gasteiger partial charge < -0.3 is 10.5 Å². The van der Waals surface area contributed by atoms with Gasteiger partial charge in [-0.2, -0.15) is 0 Å². The number of ether oxygens (including phenoxy) is 1. The van der Waals surface area contributed by atoms with Gasteiger partial charge in [0, 0.05) is 12.6 Å². The molecule has 0 aromatic carbocycles. The molecule has 2 atom stereocenters. The van der Waals surface area contributed by atoms with Crippen molar-refractivity contribution < 1.29 is 4.74 Å². The first kappa shape index (κ1) is 9.01.